The summed E-state index contributed by atoms with van der Waals surface area (Å²) in [6.07, 6.45) is 2.02. The molecular weight excluding hydrogens is 310 g/mol. The Morgan fingerprint density at radius 3 is 2.60 bits per heavy atom. The van der Waals surface area contributed by atoms with Crippen LogP contribution in [0.15, 0.2) is 54.7 Å². The molecule has 0 spiro atoms. The molecule has 5 rings (SSSR count). The molecule has 0 amide bonds. The SMILES string of the molecule is c1ccc2[nH]c(CN3CCN(c4cccc5[nH]ccc45)CC3)nc2c1. The van der Waals surface area contributed by atoms with Crippen molar-refractivity contribution in [3.8, 4) is 0 Å². The van der Waals surface area contributed by atoms with Crippen molar-refractivity contribution in [2.24, 2.45) is 0 Å². The number of nitrogens with one attached hydrogen (secondary N) is 2. The average Bonchev–Trinajstić information content (AvgIpc) is 3.28. The normalized spacial score (nSPS) is 16.1. The number of fused-ring (bicyclic) bond motifs is 2. The third-order valence-corrected chi connectivity index (χ3v) is 5.10. The number of piperazine rings is 1. The number of hydrogen-bond donors (Lipinski definition) is 2. The Bertz CT molecular complexity index is 974. The molecule has 1 aliphatic heterocycles. The summed E-state index contributed by atoms with van der Waals surface area (Å²) < 4.78 is 0. The number of para-hydroxylation sites is 2. The summed E-state index contributed by atoms with van der Waals surface area (Å²) in [6.45, 7) is 5.08. The van der Waals surface area contributed by atoms with Gasteiger partial charge in [-0.25, -0.2) is 4.98 Å². The van der Waals surface area contributed by atoms with Crippen LogP contribution in [0.2, 0.25) is 0 Å². The van der Waals surface area contributed by atoms with Crippen LogP contribution < -0.4 is 4.90 Å². The number of benzene rings is 2. The van der Waals surface area contributed by atoms with Gasteiger partial charge in [0.15, 0.2) is 0 Å². The second-order valence-corrected chi connectivity index (χ2v) is 6.68. The highest BCUT2D eigenvalue weighted by atomic mass is 15.3. The molecular formula is C20H21N5. The Balaban J connectivity index is 1.29. The summed E-state index contributed by atoms with van der Waals surface area (Å²) in [5, 5.41) is 1.31. The fourth-order valence-electron chi connectivity index (χ4n) is 3.78. The first-order valence-electron chi connectivity index (χ1n) is 8.84. The van der Waals surface area contributed by atoms with Gasteiger partial charge in [-0.05, 0) is 30.3 Å². The fraction of sp³-hybridized carbons (Fsp3) is 0.250. The Hall–Kier alpha value is -2.79. The quantitative estimate of drug-likeness (QED) is 0.605. The molecule has 0 unspecified atom stereocenters. The molecule has 126 valence electrons. The maximum Gasteiger partial charge on any atom is 0.121 e. The molecule has 2 aromatic heterocycles. The summed E-state index contributed by atoms with van der Waals surface area (Å²) in [6, 6.07) is 16.9. The molecule has 4 aromatic rings. The molecule has 0 saturated carbocycles. The smallest absolute Gasteiger partial charge is 0.121 e. The highest BCUT2D eigenvalue weighted by molar-refractivity contribution is 5.92. The van der Waals surface area contributed by atoms with Crippen molar-refractivity contribution in [1.82, 2.24) is 19.9 Å². The van der Waals surface area contributed by atoms with E-state index in [-0.39, 0.29) is 0 Å². The molecule has 0 bridgehead atoms. The van der Waals surface area contributed by atoms with Crippen molar-refractivity contribution < 1.29 is 0 Å². The Kier molecular flexibility index (Phi) is 3.45. The van der Waals surface area contributed by atoms with E-state index in [4.69, 9.17) is 4.98 Å². The zero-order valence-electron chi connectivity index (χ0n) is 14.1. The Labute approximate surface area is 146 Å². The number of nitrogens with zero attached hydrogens (tertiary/aromatic N) is 3. The van der Waals surface area contributed by atoms with Crippen LogP contribution in [-0.4, -0.2) is 46.0 Å². The number of rotatable bonds is 3. The predicted molar refractivity (Wildman–Crippen MR) is 102 cm³/mol. The molecule has 0 atom stereocenters. The van der Waals surface area contributed by atoms with Gasteiger partial charge in [0.2, 0.25) is 0 Å². The first kappa shape index (κ1) is 14.5. The van der Waals surface area contributed by atoms with E-state index in [1.54, 1.807) is 0 Å². The van der Waals surface area contributed by atoms with Crippen molar-refractivity contribution in [3.05, 3.63) is 60.6 Å². The maximum absolute atomic E-state index is 4.70. The van der Waals surface area contributed by atoms with Crippen LogP contribution in [0.1, 0.15) is 5.82 Å². The van der Waals surface area contributed by atoms with Gasteiger partial charge in [0.05, 0.1) is 17.6 Å². The van der Waals surface area contributed by atoms with Crippen LogP contribution in [-0.2, 0) is 6.54 Å². The standard InChI is InChI=1S/C20H21N5/c1-2-5-18-17(4-1)22-20(23-18)14-24-10-12-25(13-11-24)19-7-3-6-16-15(19)8-9-21-16/h1-9,21H,10-14H2,(H,22,23). The number of aromatic nitrogens is 3. The molecule has 3 heterocycles. The van der Waals surface area contributed by atoms with Gasteiger partial charge in [-0.3, -0.25) is 4.90 Å². The zero-order chi connectivity index (χ0) is 16.6. The molecule has 2 N–H and O–H groups in total. The van der Waals surface area contributed by atoms with Crippen molar-refractivity contribution >= 4 is 27.6 Å². The minimum atomic E-state index is 0.886. The lowest BCUT2D eigenvalue weighted by Crippen LogP contribution is -2.46. The Morgan fingerprint density at radius 1 is 0.880 bits per heavy atom. The molecule has 0 radical (unpaired) electrons. The number of H-pyrrole nitrogens is 2. The summed E-state index contributed by atoms with van der Waals surface area (Å²) in [7, 11) is 0. The number of aromatic amines is 2. The molecule has 5 nitrogen and oxygen atoms in total. The van der Waals surface area contributed by atoms with Gasteiger partial charge in [-0.1, -0.05) is 18.2 Å². The van der Waals surface area contributed by atoms with E-state index in [1.807, 2.05) is 18.3 Å². The first-order chi connectivity index (χ1) is 12.4. The summed E-state index contributed by atoms with van der Waals surface area (Å²) in [5.74, 6) is 1.06. The number of imidazole rings is 1. The number of anilines is 1. The third kappa shape index (κ3) is 2.66. The van der Waals surface area contributed by atoms with Crippen LogP contribution in [0.5, 0.6) is 0 Å². The summed E-state index contributed by atoms with van der Waals surface area (Å²) in [4.78, 5) is 16.4. The van der Waals surface area contributed by atoms with Gasteiger partial charge < -0.3 is 14.9 Å². The van der Waals surface area contributed by atoms with Gasteiger partial charge in [0.25, 0.3) is 0 Å². The van der Waals surface area contributed by atoms with E-state index < -0.39 is 0 Å². The monoisotopic (exact) mass is 331 g/mol. The van der Waals surface area contributed by atoms with Gasteiger partial charge in [-0.15, -0.1) is 0 Å². The minimum Gasteiger partial charge on any atom is -0.368 e. The van der Waals surface area contributed by atoms with Crippen LogP contribution >= 0.6 is 0 Å². The van der Waals surface area contributed by atoms with Gasteiger partial charge in [0.1, 0.15) is 5.82 Å². The van der Waals surface area contributed by atoms with E-state index in [1.165, 1.54) is 16.6 Å². The number of hydrogen-bond acceptors (Lipinski definition) is 3. The van der Waals surface area contributed by atoms with Gasteiger partial charge in [0, 0.05) is 49.0 Å². The minimum absolute atomic E-state index is 0.886. The second-order valence-electron chi connectivity index (χ2n) is 6.68. The molecule has 0 aliphatic carbocycles. The van der Waals surface area contributed by atoms with E-state index in [2.05, 4.69) is 56.2 Å². The largest absolute Gasteiger partial charge is 0.368 e. The topological polar surface area (TPSA) is 51.0 Å². The van der Waals surface area contributed by atoms with Crippen LogP contribution in [0.3, 0.4) is 0 Å². The van der Waals surface area contributed by atoms with Crippen molar-refractivity contribution in [1.29, 1.82) is 0 Å². The highest BCUT2D eigenvalue weighted by Crippen LogP contribution is 2.27. The van der Waals surface area contributed by atoms with Crippen molar-refractivity contribution in [3.63, 3.8) is 0 Å². The second kappa shape index (κ2) is 5.93. The van der Waals surface area contributed by atoms with E-state index >= 15 is 0 Å². The predicted octanol–water partition coefficient (Wildman–Crippen LogP) is 3.37. The lowest BCUT2D eigenvalue weighted by molar-refractivity contribution is 0.245. The lowest BCUT2D eigenvalue weighted by Gasteiger charge is -2.36. The first-order valence-corrected chi connectivity index (χ1v) is 8.84. The summed E-state index contributed by atoms with van der Waals surface area (Å²) in [5.41, 5.74) is 4.72. The zero-order valence-corrected chi connectivity index (χ0v) is 14.1. The summed E-state index contributed by atoms with van der Waals surface area (Å²) >= 11 is 0. The van der Waals surface area contributed by atoms with Crippen LogP contribution in [0.4, 0.5) is 5.69 Å². The Morgan fingerprint density at radius 2 is 1.72 bits per heavy atom. The highest BCUT2D eigenvalue weighted by Gasteiger charge is 2.19. The molecule has 1 saturated heterocycles. The van der Waals surface area contributed by atoms with Crippen LogP contribution in [0, 0.1) is 0 Å². The van der Waals surface area contributed by atoms with E-state index in [0.29, 0.717) is 0 Å². The van der Waals surface area contributed by atoms with E-state index in [0.717, 1.165) is 49.6 Å². The van der Waals surface area contributed by atoms with Crippen LogP contribution in [0.25, 0.3) is 21.9 Å². The van der Waals surface area contributed by atoms with E-state index in [9.17, 15) is 0 Å². The fourth-order valence-corrected chi connectivity index (χ4v) is 3.78. The van der Waals surface area contributed by atoms with Crippen molar-refractivity contribution in [2.45, 2.75) is 6.54 Å². The molecule has 1 aliphatic rings. The molecule has 25 heavy (non-hydrogen) atoms. The maximum atomic E-state index is 4.70. The molecule has 5 heteroatoms. The van der Waals surface area contributed by atoms with Gasteiger partial charge >= 0.3 is 0 Å². The molecule has 1 fully saturated rings. The van der Waals surface area contributed by atoms with Crippen molar-refractivity contribution in [2.75, 3.05) is 31.1 Å². The average molecular weight is 331 g/mol. The van der Waals surface area contributed by atoms with Gasteiger partial charge in [-0.2, -0.15) is 0 Å². The third-order valence-electron chi connectivity index (χ3n) is 5.10. The lowest BCUT2D eigenvalue weighted by atomic mass is 10.1. The molecule has 2 aromatic carbocycles.